The maximum atomic E-state index is 8.74. The van der Waals surface area contributed by atoms with Gasteiger partial charge >= 0.3 is 0 Å². The van der Waals surface area contributed by atoms with Crippen LogP contribution >= 0.6 is 11.8 Å². The van der Waals surface area contributed by atoms with E-state index in [1.54, 1.807) is 12.1 Å². The molecular formula is C13H11N3OS. The first kappa shape index (κ1) is 11.3. The molecule has 1 atom stereocenters. The van der Waals surface area contributed by atoms with Crippen LogP contribution in [0.5, 0.6) is 0 Å². The average molecular weight is 257 g/mol. The van der Waals surface area contributed by atoms with Crippen LogP contribution < -0.4 is 0 Å². The van der Waals surface area contributed by atoms with Crippen LogP contribution in [0.15, 0.2) is 28.8 Å². The summed E-state index contributed by atoms with van der Waals surface area (Å²) in [6.45, 7) is 0. The van der Waals surface area contributed by atoms with Crippen LogP contribution in [0.25, 0.3) is 11.5 Å². The van der Waals surface area contributed by atoms with Gasteiger partial charge in [0.1, 0.15) is 0 Å². The topological polar surface area (TPSA) is 62.7 Å². The molecule has 0 aliphatic carbocycles. The summed E-state index contributed by atoms with van der Waals surface area (Å²) >= 11 is 1.88. The van der Waals surface area contributed by atoms with Gasteiger partial charge < -0.3 is 4.52 Å². The van der Waals surface area contributed by atoms with E-state index in [0.29, 0.717) is 16.7 Å². The fraction of sp³-hybridized carbons (Fsp3) is 0.308. The van der Waals surface area contributed by atoms with Crippen molar-refractivity contribution in [1.82, 2.24) is 10.1 Å². The second-order valence-electron chi connectivity index (χ2n) is 4.15. The van der Waals surface area contributed by atoms with Crippen LogP contribution in [0.2, 0.25) is 0 Å². The van der Waals surface area contributed by atoms with Crippen molar-refractivity contribution in [1.29, 1.82) is 5.26 Å². The first-order valence-electron chi connectivity index (χ1n) is 5.82. The Balaban J connectivity index is 1.85. The van der Waals surface area contributed by atoms with Gasteiger partial charge in [-0.25, -0.2) is 0 Å². The molecule has 1 unspecified atom stereocenters. The Labute approximate surface area is 109 Å². The van der Waals surface area contributed by atoms with Gasteiger partial charge in [0, 0.05) is 5.56 Å². The third kappa shape index (κ3) is 2.12. The zero-order valence-corrected chi connectivity index (χ0v) is 10.5. The lowest BCUT2D eigenvalue weighted by Gasteiger charge is -1.99. The molecule has 4 nitrogen and oxygen atoms in total. The number of nitriles is 1. The quantitative estimate of drug-likeness (QED) is 0.826. The molecule has 1 aliphatic heterocycles. The van der Waals surface area contributed by atoms with E-state index in [9.17, 15) is 0 Å². The first-order valence-corrected chi connectivity index (χ1v) is 6.87. The first-order chi connectivity index (χ1) is 8.86. The zero-order chi connectivity index (χ0) is 12.4. The Bertz CT molecular complexity index is 579. The van der Waals surface area contributed by atoms with E-state index >= 15 is 0 Å². The smallest absolute Gasteiger partial charge is 0.257 e. The highest BCUT2D eigenvalue weighted by molar-refractivity contribution is 7.99. The SMILES string of the molecule is N#Cc1ccc(-c2nc(C3CCCS3)no2)cc1. The number of nitrogens with zero attached hydrogens (tertiary/aromatic N) is 3. The van der Waals surface area contributed by atoms with Crippen molar-refractivity contribution >= 4 is 11.8 Å². The van der Waals surface area contributed by atoms with Gasteiger partial charge in [-0.1, -0.05) is 5.16 Å². The highest BCUT2D eigenvalue weighted by Crippen LogP contribution is 2.38. The minimum Gasteiger partial charge on any atom is -0.334 e. The third-order valence-electron chi connectivity index (χ3n) is 2.92. The summed E-state index contributed by atoms with van der Waals surface area (Å²) in [5, 5.41) is 13.2. The number of aromatic nitrogens is 2. The minimum atomic E-state index is 0.376. The Morgan fingerprint density at radius 3 is 2.83 bits per heavy atom. The fourth-order valence-corrected chi connectivity index (χ4v) is 3.15. The van der Waals surface area contributed by atoms with E-state index in [1.165, 1.54) is 12.2 Å². The Morgan fingerprint density at radius 2 is 2.17 bits per heavy atom. The van der Waals surface area contributed by atoms with Crippen molar-refractivity contribution in [3.8, 4) is 17.5 Å². The molecule has 0 saturated carbocycles. The molecule has 0 N–H and O–H groups in total. The highest BCUT2D eigenvalue weighted by Gasteiger charge is 2.23. The lowest BCUT2D eigenvalue weighted by Crippen LogP contribution is -1.91. The van der Waals surface area contributed by atoms with Gasteiger partial charge in [0.15, 0.2) is 5.82 Å². The molecule has 90 valence electrons. The largest absolute Gasteiger partial charge is 0.334 e. The van der Waals surface area contributed by atoms with E-state index < -0.39 is 0 Å². The number of hydrogen-bond acceptors (Lipinski definition) is 5. The van der Waals surface area contributed by atoms with Crippen molar-refractivity contribution in [2.75, 3.05) is 5.75 Å². The molecule has 0 amide bonds. The van der Waals surface area contributed by atoms with Crippen LogP contribution in [0.4, 0.5) is 0 Å². The predicted octanol–water partition coefficient (Wildman–Crippen LogP) is 3.18. The van der Waals surface area contributed by atoms with E-state index in [2.05, 4.69) is 16.2 Å². The van der Waals surface area contributed by atoms with Crippen LogP contribution in [-0.4, -0.2) is 15.9 Å². The predicted molar refractivity (Wildman–Crippen MR) is 68.9 cm³/mol. The number of hydrogen-bond donors (Lipinski definition) is 0. The van der Waals surface area contributed by atoms with Gasteiger partial charge in [0.05, 0.1) is 16.9 Å². The van der Waals surface area contributed by atoms with Gasteiger partial charge in [0.2, 0.25) is 0 Å². The van der Waals surface area contributed by atoms with E-state index in [1.807, 2.05) is 23.9 Å². The maximum Gasteiger partial charge on any atom is 0.257 e. The van der Waals surface area contributed by atoms with Crippen molar-refractivity contribution in [3.05, 3.63) is 35.7 Å². The lowest BCUT2D eigenvalue weighted by molar-refractivity contribution is 0.421. The van der Waals surface area contributed by atoms with Gasteiger partial charge in [-0.3, -0.25) is 0 Å². The zero-order valence-electron chi connectivity index (χ0n) is 9.67. The molecule has 5 heteroatoms. The molecular weight excluding hydrogens is 246 g/mol. The standard InChI is InChI=1S/C13H11N3OS/c14-8-9-3-5-10(6-4-9)13-15-12(16-17-13)11-2-1-7-18-11/h3-6,11H,1-2,7H2. The fourth-order valence-electron chi connectivity index (χ4n) is 1.95. The van der Waals surface area contributed by atoms with Crippen molar-refractivity contribution in [3.63, 3.8) is 0 Å². The van der Waals surface area contributed by atoms with Crippen LogP contribution in [0, 0.1) is 11.3 Å². The summed E-state index contributed by atoms with van der Waals surface area (Å²) in [6, 6.07) is 9.25. The molecule has 0 radical (unpaired) electrons. The molecule has 1 aliphatic rings. The van der Waals surface area contributed by atoms with Crippen LogP contribution in [-0.2, 0) is 0 Å². The summed E-state index contributed by atoms with van der Waals surface area (Å²) in [4.78, 5) is 4.44. The number of rotatable bonds is 2. The van der Waals surface area contributed by atoms with Crippen molar-refractivity contribution in [2.45, 2.75) is 18.1 Å². The van der Waals surface area contributed by atoms with Gasteiger partial charge in [-0.2, -0.15) is 22.0 Å². The van der Waals surface area contributed by atoms with Gasteiger partial charge in [-0.15, -0.1) is 0 Å². The Kier molecular flexibility index (Phi) is 3.03. The van der Waals surface area contributed by atoms with E-state index in [4.69, 9.17) is 9.78 Å². The highest BCUT2D eigenvalue weighted by atomic mass is 32.2. The van der Waals surface area contributed by atoms with Crippen molar-refractivity contribution in [2.24, 2.45) is 0 Å². The maximum absolute atomic E-state index is 8.74. The van der Waals surface area contributed by atoms with E-state index in [-0.39, 0.29) is 0 Å². The normalized spacial score (nSPS) is 18.7. The molecule has 1 saturated heterocycles. The molecule has 0 spiro atoms. The molecule has 2 aromatic rings. The lowest BCUT2D eigenvalue weighted by atomic mass is 10.1. The number of thioether (sulfide) groups is 1. The average Bonchev–Trinajstić information content (AvgIpc) is 3.09. The second-order valence-corrected chi connectivity index (χ2v) is 5.46. The molecule has 1 aromatic carbocycles. The summed E-state index contributed by atoms with van der Waals surface area (Å²) in [6.07, 6.45) is 2.34. The van der Waals surface area contributed by atoms with Gasteiger partial charge in [0.25, 0.3) is 5.89 Å². The summed E-state index contributed by atoms with van der Waals surface area (Å²) < 4.78 is 5.28. The minimum absolute atomic E-state index is 0.376. The monoisotopic (exact) mass is 257 g/mol. The van der Waals surface area contributed by atoms with Crippen molar-refractivity contribution < 1.29 is 4.52 Å². The summed E-state index contributed by atoms with van der Waals surface area (Å²) in [5.41, 5.74) is 1.49. The molecule has 0 bridgehead atoms. The molecule has 3 rings (SSSR count). The molecule has 2 heterocycles. The van der Waals surface area contributed by atoms with Crippen LogP contribution in [0.3, 0.4) is 0 Å². The Hall–Kier alpha value is -1.80. The molecule has 18 heavy (non-hydrogen) atoms. The second kappa shape index (κ2) is 4.83. The van der Waals surface area contributed by atoms with Gasteiger partial charge in [-0.05, 0) is 42.9 Å². The molecule has 1 aromatic heterocycles. The summed E-state index contributed by atoms with van der Waals surface area (Å²) in [5.74, 6) is 2.49. The Morgan fingerprint density at radius 1 is 1.33 bits per heavy atom. The van der Waals surface area contributed by atoms with Crippen LogP contribution in [0.1, 0.15) is 29.5 Å². The van der Waals surface area contributed by atoms with E-state index in [0.717, 1.165) is 17.8 Å². The number of benzene rings is 1. The summed E-state index contributed by atoms with van der Waals surface area (Å²) in [7, 11) is 0. The molecule has 1 fully saturated rings. The third-order valence-corrected chi connectivity index (χ3v) is 4.29.